The molecule has 0 saturated carbocycles. The summed E-state index contributed by atoms with van der Waals surface area (Å²) in [5.41, 5.74) is -0.197. The zero-order valence-electron chi connectivity index (χ0n) is 5.56. The Bertz CT molecular complexity index is 143. The third-order valence-corrected chi connectivity index (χ3v) is 0.865. The van der Waals surface area contributed by atoms with Gasteiger partial charge >= 0.3 is 0 Å². The first kappa shape index (κ1) is 9.23. The molecule has 0 aromatic heterocycles. The maximum atomic E-state index is 11.5. The van der Waals surface area contributed by atoms with Crippen LogP contribution in [0.1, 0.15) is 0 Å². The largest absolute Gasteiger partial charge is 0.380 e. The van der Waals surface area contributed by atoms with Crippen LogP contribution in [-0.4, -0.2) is 25.9 Å². The van der Waals surface area contributed by atoms with Gasteiger partial charge in [0.25, 0.3) is 6.43 Å². The van der Waals surface area contributed by atoms with E-state index in [2.05, 4.69) is 11.3 Å². The van der Waals surface area contributed by atoms with Gasteiger partial charge in [-0.25, -0.2) is 8.78 Å². The second-order valence-corrected chi connectivity index (χ2v) is 1.70. The molecule has 58 valence electrons. The highest BCUT2D eigenvalue weighted by Gasteiger charge is 2.17. The Balaban J connectivity index is 3.83. The molecule has 0 unspecified atom stereocenters. The number of ether oxygens (including phenoxy) is 1. The molecule has 0 fully saturated rings. The van der Waals surface area contributed by atoms with Crippen molar-refractivity contribution in [1.29, 1.82) is 0 Å². The fourth-order valence-corrected chi connectivity index (χ4v) is 0.400. The Kier molecular flexibility index (Phi) is 3.79. The van der Waals surface area contributed by atoms with Crippen LogP contribution in [-0.2, 0) is 9.53 Å². The summed E-state index contributed by atoms with van der Waals surface area (Å²) in [6.45, 7) is 2.98. The lowest BCUT2D eigenvalue weighted by atomic mass is 10.2. The summed E-state index contributed by atoms with van der Waals surface area (Å²) in [5.74, 6) is -1.25. The molecule has 0 spiro atoms. The number of alkyl halides is 2. The van der Waals surface area contributed by atoms with Crippen molar-refractivity contribution >= 4 is 5.78 Å². The number of carbonyl (C=O) groups is 1. The van der Waals surface area contributed by atoms with Crippen molar-refractivity contribution in [1.82, 2.24) is 0 Å². The average Bonchev–Trinajstić information content (AvgIpc) is 1.87. The molecule has 0 aliphatic rings. The van der Waals surface area contributed by atoms with E-state index in [4.69, 9.17) is 0 Å². The molecule has 0 amide bonds. The first-order valence-corrected chi connectivity index (χ1v) is 2.58. The Labute approximate surface area is 57.5 Å². The minimum Gasteiger partial charge on any atom is -0.380 e. The van der Waals surface area contributed by atoms with Crippen LogP contribution in [0.4, 0.5) is 8.78 Å². The average molecular weight is 150 g/mol. The van der Waals surface area contributed by atoms with E-state index in [0.717, 1.165) is 0 Å². The summed E-state index contributed by atoms with van der Waals surface area (Å²) >= 11 is 0. The van der Waals surface area contributed by atoms with Crippen LogP contribution in [0.5, 0.6) is 0 Å². The normalized spacial score (nSPS) is 10.0. The minimum atomic E-state index is -2.97. The van der Waals surface area contributed by atoms with Gasteiger partial charge in [-0.05, 0) is 0 Å². The van der Waals surface area contributed by atoms with Gasteiger partial charge in [-0.3, -0.25) is 4.79 Å². The molecule has 0 heterocycles. The van der Waals surface area contributed by atoms with Gasteiger partial charge in [-0.2, -0.15) is 0 Å². The van der Waals surface area contributed by atoms with E-state index in [1.807, 2.05) is 0 Å². The zero-order valence-corrected chi connectivity index (χ0v) is 5.56. The Morgan fingerprint density at radius 3 is 2.50 bits per heavy atom. The van der Waals surface area contributed by atoms with Crippen molar-refractivity contribution in [3.8, 4) is 0 Å². The number of ketones is 1. The van der Waals surface area contributed by atoms with Crippen LogP contribution in [0.15, 0.2) is 12.2 Å². The molecule has 0 aromatic rings. The molecule has 2 nitrogen and oxygen atoms in total. The lowest BCUT2D eigenvalue weighted by Crippen LogP contribution is -2.15. The van der Waals surface area contributed by atoms with Crippen molar-refractivity contribution in [2.24, 2.45) is 0 Å². The fourth-order valence-electron chi connectivity index (χ4n) is 0.400. The lowest BCUT2D eigenvalue weighted by molar-refractivity contribution is -0.126. The second-order valence-electron chi connectivity index (χ2n) is 1.70. The first-order chi connectivity index (χ1) is 4.59. The van der Waals surface area contributed by atoms with Gasteiger partial charge in [-0.1, -0.05) is 6.58 Å². The predicted octanol–water partition coefficient (Wildman–Crippen LogP) is 1.02. The van der Waals surface area contributed by atoms with E-state index >= 15 is 0 Å². The van der Waals surface area contributed by atoms with E-state index in [-0.39, 0.29) is 12.2 Å². The van der Waals surface area contributed by atoms with Crippen molar-refractivity contribution in [2.75, 3.05) is 13.7 Å². The fraction of sp³-hybridized carbons (Fsp3) is 0.500. The van der Waals surface area contributed by atoms with Crippen molar-refractivity contribution < 1.29 is 18.3 Å². The van der Waals surface area contributed by atoms with Crippen molar-refractivity contribution in [2.45, 2.75) is 6.43 Å². The molecule has 0 radical (unpaired) electrons. The number of hydrogen-bond donors (Lipinski definition) is 0. The molecule has 0 bridgehead atoms. The predicted molar refractivity (Wildman–Crippen MR) is 32.0 cm³/mol. The molecule has 0 aliphatic heterocycles. The van der Waals surface area contributed by atoms with Gasteiger partial charge in [0.2, 0.25) is 5.78 Å². The van der Waals surface area contributed by atoms with Gasteiger partial charge < -0.3 is 4.74 Å². The minimum absolute atomic E-state index is 0.136. The second kappa shape index (κ2) is 4.11. The molecular formula is C6H8F2O2. The van der Waals surface area contributed by atoms with E-state index in [0.29, 0.717) is 0 Å². The maximum Gasteiger partial charge on any atom is 0.300 e. The summed E-state index contributed by atoms with van der Waals surface area (Å²) < 4.78 is 27.5. The summed E-state index contributed by atoms with van der Waals surface area (Å²) in [4.78, 5) is 10.3. The van der Waals surface area contributed by atoms with Gasteiger partial charge in [0.15, 0.2) is 0 Å². The number of Topliss-reactive ketones (excluding diaryl/α,β-unsaturated/α-hetero) is 1. The third-order valence-electron chi connectivity index (χ3n) is 0.865. The lowest BCUT2D eigenvalue weighted by Gasteiger charge is -2.00. The van der Waals surface area contributed by atoms with Gasteiger partial charge in [0.1, 0.15) is 0 Å². The van der Waals surface area contributed by atoms with E-state index in [9.17, 15) is 13.6 Å². The van der Waals surface area contributed by atoms with E-state index in [1.54, 1.807) is 0 Å². The zero-order chi connectivity index (χ0) is 8.15. The van der Waals surface area contributed by atoms with Crippen molar-refractivity contribution in [3.63, 3.8) is 0 Å². The molecule has 0 saturated heterocycles. The standard InChI is InChI=1S/C6H8F2O2/c1-4(3-10-2)5(9)6(7)8/h6H,1,3H2,2H3. The van der Waals surface area contributed by atoms with Crippen LogP contribution >= 0.6 is 0 Å². The molecule has 10 heavy (non-hydrogen) atoms. The van der Waals surface area contributed by atoms with Crippen LogP contribution in [0, 0.1) is 0 Å². The highest BCUT2D eigenvalue weighted by Crippen LogP contribution is 2.02. The number of halogens is 2. The van der Waals surface area contributed by atoms with Crippen LogP contribution in [0.2, 0.25) is 0 Å². The summed E-state index contributed by atoms with van der Waals surface area (Å²) in [7, 11) is 1.31. The number of hydrogen-bond acceptors (Lipinski definition) is 2. The van der Waals surface area contributed by atoms with Crippen LogP contribution in [0.3, 0.4) is 0 Å². The quantitative estimate of drug-likeness (QED) is 0.559. The van der Waals surface area contributed by atoms with E-state index < -0.39 is 12.2 Å². The van der Waals surface area contributed by atoms with Crippen molar-refractivity contribution in [3.05, 3.63) is 12.2 Å². The Morgan fingerprint density at radius 2 is 2.20 bits per heavy atom. The maximum absolute atomic E-state index is 11.5. The SMILES string of the molecule is C=C(COC)C(=O)C(F)F. The smallest absolute Gasteiger partial charge is 0.300 e. The van der Waals surface area contributed by atoms with E-state index in [1.165, 1.54) is 7.11 Å². The van der Waals surface area contributed by atoms with Gasteiger partial charge in [0.05, 0.1) is 6.61 Å². The summed E-state index contributed by atoms with van der Waals surface area (Å²) in [6, 6.07) is 0. The Morgan fingerprint density at radius 1 is 1.70 bits per heavy atom. The summed E-state index contributed by atoms with van der Waals surface area (Å²) in [6.07, 6.45) is -2.97. The topological polar surface area (TPSA) is 26.3 Å². The number of rotatable bonds is 4. The first-order valence-electron chi connectivity index (χ1n) is 2.58. The van der Waals surface area contributed by atoms with Gasteiger partial charge in [0, 0.05) is 12.7 Å². The number of carbonyl (C=O) groups excluding carboxylic acids is 1. The molecular weight excluding hydrogens is 142 g/mol. The molecule has 4 heteroatoms. The Hall–Kier alpha value is -0.770. The van der Waals surface area contributed by atoms with Gasteiger partial charge in [-0.15, -0.1) is 0 Å². The molecule has 0 aliphatic carbocycles. The third kappa shape index (κ3) is 2.68. The monoisotopic (exact) mass is 150 g/mol. The summed E-state index contributed by atoms with van der Waals surface area (Å²) in [5, 5.41) is 0. The number of methoxy groups -OCH3 is 1. The molecule has 0 atom stereocenters. The van der Waals surface area contributed by atoms with Crippen LogP contribution in [0.25, 0.3) is 0 Å². The highest BCUT2D eigenvalue weighted by molar-refractivity contribution is 5.97. The molecule has 0 rings (SSSR count). The molecule has 0 N–H and O–H groups in total. The van der Waals surface area contributed by atoms with Crippen LogP contribution < -0.4 is 0 Å². The highest BCUT2D eigenvalue weighted by atomic mass is 19.3. The molecule has 0 aromatic carbocycles.